The van der Waals surface area contributed by atoms with Crippen molar-refractivity contribution in [1.29, 1.82) is 0 Å². The smallest absolute Gasteiger partial charge is 0.158 e. The second kappa shape index (κ2) is 7.32. The maximum Gasteiger partial charge on any atom is 0.158 e. The van der Waals surface area contributed by atoms with E-state index in [1.807, 2.05) is 0 Å². The second-order valence-electron chi connectivity index (χ2n) is 10.7. The number of carbonyl (C=O) groups excluding carboxylic acids is 1. The molecule has 0 aromatic rings. The lowest BCUT2D eigenvalue weighted by molar-refractivity contribution is -0.134. The van der Waals surface area contributed by atoms with Crippen LogP contribution in [0, 0.1) is 46.3 Å². The van der Waals surface area contributed by atoms with Crippen molar-refractivity contribution in [3.05, 3.63) is 12.7 Å². The highest BCUT2D eigenvalue weighted by atomic mass is 16.5. The quantitative estimate of drug-likeness (QED) is 0.549. The van der Waals surface area contributed by atoms with E-state index in [9.17, 15) is 4.79 Å². The first kappa shape index (κ1) is 19.7. The van der Waals surface area contributed by atoms with Gasteiger partial charge < -0.3 is 4.74 Å². The largest absolute Gasteiger partial charge is 0.381 e. The molecule has 0 saturated heterocycles. The Balaban J connectivity index is 1.51. The van der Waals surface area contributed by atoms with Gasteiger partial charge in [-0.05, 0) is 111 Å². The molecular weight excluding hydrogens is 332 g/mol. The maximum absolute atomic E-state index is 12.5. The molecule has 2 heteroatoms. The van der Waals surface area contributed by atoms with Crippen molar-refractivity contribution in [2.45, 2.75) is 78.6 Å². The zero-order valence-electron chi connectivity index (χ0n) is 17.8. The molecule has 0 bridgehead atoms. The second-order valence-corrected chi connectivity index (χ2v) is 10.7. The van der Waals surface area contributed by atoms with Gasteiger partial charge in [-0.25, -0.2) is 0 Å². The van der Waals surface area contributed by atoms with Crippen LogP contribution in [0.25, 0.3) is 0 Å². The molecule has 4 aliphatic rings. The Labute approximate surface area is 166 Å². The van der Waals surface area contributed by atoms with Crippen LogP contribution < -0.4 is 0 Å². The third-order valence-electron chi connectivity index (χ3n) is 9.88. The lowest BCUT2D eigenvalue weighted by Crippen LogP contribution is -2.54. The van der Waals surface area contributed by atoms with E-state index in [2.05, 4.69) is 27.4 Å². The third-order valence-corrected chi connectivity index (χ3v) is 9.88. The molecule has 0 amide bonds. The number of carbonyl (C=O) groups is 1. The minimum Gasteiger partial charge on any atom is -0.381 e. The summed E-state index contributed by atoms with van der Waals surface area (Å²) in [5.41, 5.74) is 0.773. The molecule has 8 unspecified atom stereocenters. The third kappa shape index (κ3) is 3.05. The van der Waals surface area contributed by atoms with E-state index in [1.165, 1.54) is 51.4 Å². The molecule has 0 aliphatic heterocycles. The fourth-order valence-electron chi connectivity index (χ4n) is 8.39. The molecule has 0 radical (unpaired) electrons. The number of ketones is 1. The summed E-state index contributed by atoms with van der Waals surface area (Å²) in [5, 5.41) is 0. The first-order chi connectivity index (χ1) is 12.9. The highest BCUT2D eigenvalue weighted by Crippen LogP contribution is 2.67. The molecule has 0 spiro atoms. The number of rotatable bonds is 5. The van der Waals surface area contributed by atoms with Crippen LogP contribution in [0.2, 0.25) is 0 Å². The van der Waals surface area contributed by atoms with E-state index in [-0.39, 0.29) is 11.3 Å². The van der Waals surface area contributed by atoms with E-state index < -0.39 is 0 Å². The number of hydrogen-bond donors (Lipinski definition) is 0. The van der Waals surface area contributed by atoms with Crippen molar-refractivity contribution in [2.75, 3.05) is 13.2 Å². The molecule has 152 valence electrons. The molecule has 0 N–H and O–H groups in total. The first-order valence-electron chi connectivity index (χ1n) is 11.7. The zero-order chi connectivity index (χ0) is 19.2. The van der Waals surface area contributed by atoms with E-state index in [0.29, 0.717) is 11.2 Å². The average Bonchev–Trinajstić information content (AvgIpc) is 3.02. The van der Waals surface area contributed by atoms with Gasteiger partial charge in [-0.15, -0.1) is 0 Å². The summed E-state index contributed by atoms with van der Waals surface area (Å²) in [6.07, 6.45) is 13.5. The Morgan fingerprint density at radius 3 is 2.52 bits per heavy atom. The van der Waals surface area contributed by atoms with Gasteiger partial charge in [0.1, 0.15) is 0 Å². The first-order valence-corrected chi connectivity index (χ1v) is 11.7. The average molecular weight is 373 g/mol. The summed E-state index contributed by atoms with van der Waals surface area (Å²) < 4.78 is 5.77. The highest BCUT2D eigenvalue weighted by Gasteiger charge is 2.60. The molecule has 4 fully saturated rings. The number of ether oxygens (including phenoxy) is 1. The molecule has 0 heterocycles. The topological polar surface area (TPSA) is 26.3 Å². The summed E-state index contributed by atoms with van der Waals surface area (Å²) in [6.45, 7) is 12.8. The summed E-state index contributed by atoms with van der Waals surface area (Å²) in [4.78, 5) is 12.5. The Morgan fingerprint density at radius 1 is 1.04 bits per heavy atom. The van der Waals surface area contributed by atoms with Crippen LogP contribution in [-0.2, 0) is 9.53 Å². The summed E-state index contributed by atoms with van der Waals surface area (Å²) in [7, 11) is 0. The van der Waals surface area contributed by atoms with Gasteiger partial charge in [-0.3, -0.25) is 4.79 Å². The van der Waals surface area contributed by atoms with Crippen molar-refractivity contribution < 1.29 is 9.53 Å². The van der Waals surface area contributed by atoms with Gasteiger partial charge in [-0.2, -0.15) is 0 Å². The van der Waals surface area contributed by atoms with Gasteiger partial charge in [0.15, 0.2) is 5.78 Å². The summed E-state index contributed by atoms with van der Waals surface area (Å²) in [5.74, 6) is 4.76. The number of allylic oxidation sites excluding steroid dienone is 1. The summed E-state index contributed by atoms with van der Waals surface area (Å²) >= 11 is 0. The Kier molecular flexibility index (Phi) is 5.33. The van der Waals surface area contributed by atoms with Crippen LogP contribution in [0.1, 0.15) is 78.6 Å². The highest BCUT2D eigenvalue weighted by molar-refractivity contribution is 5.92. The molecule has 27 heavy (non-hydrogen) atoms. The van der Waals surface area contributed by atoms with Crippen LogP contribution in [0.4, 0.5) is 0 Å². The minimum atomic E-state index is 0.238. The molecule has 2 nitrogen and oxygen atoms in total. The van der Waals surface area contributed by atoms with Crippen LogP contribution in [-0.4, -0.2) is 19.0 Å². The van der Waals surface area contributed by atoms with Crippen LogP contribution in [0.15, 0.2) is 12.7 Å². The fourth-order valence-corrected chi connectivity index (χ4v) is 8.39. The van der Waals surface area contributed by atoms with Crippen molar-refractivity contribution in [1.82, 2.24) is 0 Å². The van der Waals surface area contributed by atoms with Gasteiger partial charge in [0.05, 0.1) is 0 Å². The van der Waals surface area contributed by atoms with Crippen LogP contribution in [0.3, 0.4) is 0 Å². The molecule has 8 atom stereocenters. The lowest BCUT2D eigenvalue weighted by Gasteiger charge is -2.61. The zero-order valence-corrected chi connectivity index (χ0v) is 17.8. The van der Waals surface area contributed by atoms with Gasteiger partial charge in [0, 0.05) is 19.1 Å². The standard InChI is InChI=1S/C25H40O2/c1-5-23(26)22-10-9-20-19-8-7-18-15-17(16-27-6-2)11-13-24(18,3)21(19)12-14-25(20,22)4/h5,17-22H,1,6-16H2,2-4H3. The molecule has 4 rings (SSSR count). The number of hydrogen-bond acceptors (Lipinski definition) is 2. The maximum atomic E-state index is 12.5. The van der Waals surface area contributed by atoms with E-state index in [0.717, 1.165) is 49.2 Å². The van der Waals surface area contributed by atoms with E-state index in [4.69, 9.17) is 4.74 Å². The van der Waals surface area contributed by atoms with Crippen LogP contribution in [0.5, 0.6) is 0 Å². The lowest BCUT2D eigenvalue weighted by atomic mass is 9.44. The predicted molar refractivity (Wildman–Crippen MR) is 110 cm³/mol. The van der Waals surface area contributed by atoms with Gasteiger partial charge in [0.25, 0.3) is 0 Å². The van der Waals surface area contributed by atoms with E-state index in [1.54, 1.807) is 6.08 Å². The molecule has 4 aliphatic carbocycles. The molecular formula is C25H40O2. The van der Waals surface area contributed by atoms with Crippen molar-refractivity contribution in [2.24, 2.45) is 46.3 Å². The van der Waals surface area contributed by atoms with E-state index >= 15 is 0 Å². The molecule has 4 saturated carbocycles. The van der Waals surface area contributed by atoms with Crippen LogP contribution >= 0.6 is 0 Å². The Bertz CT molecular complexity index is 583. The fraction of sp³-hybridized carbons (Fsp3) is 0.880. The van der Waals surface area contributed by atoms with Gasteiger partial charge in [-0.1, -0.05) is 20.4 Å². The Morgan fingerprint density at radius 2 is 1.78 bits per heavy atom. The van der Waals surface area contributed by atoms with Crippen molar-refractivity contribution >= 4 is 5.78 Å². The molecule has 0 aromatic carbocycles. The molecule has 0 aromatic heterocycles. The van der Waals surface area contributed by atoms with Gasteiger partial charge in [0.2, 0.25) is 0 Å². The van der Waals surface area contributed by atoms with Crippen molar-refractivity contribution in [3.63, 3.8) is 0 Å². The minimum absolute atomic E-state index is 0.238. The van der Waals surface area contributed by atoms with Crippen molar-refractivity contribution in [3.8, 4) is 0 Å². The SMILES string of the molecule is C=CC(=O)C1CCC2C3CCC4CC(COCC)CCC4(C)C3CCC12C. The Hall–Kier alpha value is -0.630. The monoisotopic (exact) mass is 372 g/mol. The summed E-state index contributed by atoms with van der Waals surface area (Å²) in [6, 6.07) is 0. The predicted octanol–water partition coefficient (Wildman–Crippen LogP) is 6.05. The number of fused-ring (bicyclic) bond motifs is 5. The van der Waals surface area contributed by atoms with Gasteiger partial charge >= 0.3 is 0 Å². The normalized spacial score (nSPS) is 49.0.